The lowest BCUT2D eigenvalue weighted by atomic mass is 9.84. The third-order valence-corrected chi connectivity index (χ3v) is 4.75. The summed E-state index contributed by atoms with van der Waals surface area (Å²) in [5.41, 5.74) is 2.30. The van der Waals surface area contributed by atoms with Gasteiger partial charge in [0.05, 0.1) is 6.61 Å². The second-order valence-electron chi connectivity index (χ2n) is 6.45. The zero-order valence-electron chi connectivity index (χ0n) is 14.4. The van der Waals surface area contributed by atoms with E-state index in [1.54, 1.807) is 0 Å². The van der Waals surface area contributed by atoms with Crippen LogP contribution < -0.4 is 10.6 Å². The van der Waals surface area contributed by atoms with Crippen LogP contribution in [0.25, 0.3) is 0 Å². The maximum Gasteiger partial charge on any atom is 0.220 e. The third kappa shape index (κ3) is 5.96. The van der Waals surface area contributed by atoms with Gasteiger partial charge < -0.3 is 15.4 Å². The first-order chi connectivity index (χ1) is 11.2. The molecule has 1 amide bonds. The van der Waals surface area contributed by atoms with Crippen LogP contribution in [0.1, 0.15) is 44.2 Å². The lowest BCUT2D eigenvalue weighted by Gasteiger charge is -2.27. The molecule has 1 unspecified atom stereocenters. The van der Waals surface area contributed by atoms with Crippen LogP contribution in [-0.4, -0.2) is 25.6 Å². The first-order valence-electron chi connectivity index (χ1n) is 8.82. The Morgan fingerprint density at radius 3 is 2.70 bits per heavy atom. The Kier molecular flexibility index (Phi) is 7.56. The van der Waals surface area contributed by atoms with Crippen molar-refractivity contribution in [1.29, 1.82) is 0 Å². The number of carbonyl (C=O) groups is 1. The summed E-state index contributed by atoms with van der Waals surface area (Å²) in [7, 11) is 0. The molecule has 128 valence electrons. The first kappa shape index (κ1) is 18.0. The molecule has 2 rings (SSSR count). The molecule has 1 fully saturated rings. The largest absolute Gasteiger partial charge is 0.377 e. The molecule has 0 saturated carbocycles. The molecule has 1 atom stereocenters. The lowest BCUT2D eigenvalue weighted by Crippen LogP contribution is -2.33. The van der Waals surface area contributed by atoms with Gasteiger partial charge in [0.15, 0.2) is 0 Å². The van der Waals surface area contributed by atoms with Crippen LogP contribution in [-0.2, 0) is 22.7 Å². The van der Waals surface area contributed by atoms with Crippen molar-refractivity contribution in [2.24, 2.45) is 11.8 Å². The Hall–Kier alpha value is -1.39. The van der Waals surface area contributed by atoms with Gasteiger partial charge in [0.2, 0.25) is 5.91 Å². The van der Waals surface area contributed by atoms with Gasteiger partial charge in [-0.2, -0.15) is 0 Å². The molecule has 4 heteroatoms. The van der Waals surface area contributed by atoms with E-state index in [0.29, 0.717) is 38.0 Å². The van der Waals surface area contributed by atoms with Gasteiger partial charge in [-0.15, -0.1) is 0 Å². The molecule has 23 heavy (non-hydrogen) atoms. The van der Waals surface area contributed by atoms with E-state index in [-0.39, 0.29) is 5.91 Å². The molecule has 2 N–H and O–H groups in total. The number of benzene rings is 1. The van der Waals surface area contributed by atoms with Crippen molar-refractivity contribution in [3.05, 3.63) is 35.4 Å². The molecule has 1 aliphatic rings. The van der Waals surface area contributed by atoms with Crippen molar-refractivity contribution in [2.75, 3.05) is 19.7 Å². The van der Waals surface area contributed by atoms with Crippen LogP contribution in [0.5, 0.6) is 0 Å². The predicted molar refractivity (Wildman–Crippen MR) is 93.0 cm³/mol. The number of carbonyl (C=O) groups excluding carboxylic acids is 1. The van der Waals surface area contributed by atoms with Crippen LogP contribution in [0.15, 0.2) is 24.3 Å². The van der Waals surface area contributed by atoms with Gasteiger partial charge in [0, 0.05) is 19.6 Å². The Bertz CT molecular complexity index is 484. The quantitative estimate of drug-likeness (QED) is 0.775. The summed E-state index contributed by atoms with van der Waals surface area (Å²) in [5.74, 6) is 1.28. The molecule has 1 saturated heterocycles. The van der Waals surface area contributed by atoms with E-state index in [4.69, 9.17) is 4.74 Å². The van der Waals surface area contributed by atoms with Gasteiger partial charge in [0.25, 0.3) is 0 Å². The maximum absolute atomic E-state index is 12.2. The van der Waals surface area contributed by atoms with Gasteiger partial charge in [-0.05, 0) is 55.8 Å². The number of piperidine rings is 1. The van der Waals surface area contributed by atoms with Crippen LogP contribution >= 0.6 is 0 Å². The molecular formula is C19H30N2O2. The SMILES string of the molecule is CCOCc1ccccc1CNC(=O)CC(C)C1CCNCC1. The van der Waals surface area contributed by atoms with Crippen molar-refractivity contribution in [3.8, 4) is 0 Å². The van der Waals surface area contributed by atoms with E-state index in [2.05, 4.69) is 29.7 Å². The molecule has 0 spiro atoms. The van der Waals surface area contributed by atoms with Crippen LogP contribution in [0.2, 0.25) is 0 Å². The number of ether oxygens (including phenoxy) is 1. The molecule has 0 radical (unpaired) electrons. The van der Waals surface area contributed by atoms with Gasteiger partial charge >= 0.3 is 0 Å². The zero-order valence-corrected chi connectivity index (χ0v) is 14.4. The number of amides is 1. The normalized spacial score (nSPS) is 17.0. The molecular weight excluding hydrogens is 288 g/mol. The summed E-state index contributed by atoms with van der Waals surface area (Å²) in [6.45, 7) is 8.26. The highest BCUT2D eigenvalue weighted by Gasteiger charge is 2.21. The monoisotopic (exact) mass is 318 g/mol. The number of rotatable bonds is 8. The molecule has 0 aliphatic carbocycles. The Labute approximate surface area is 140 Å². The number of nitrogens with one attached hydrogen (secondary N) is 2. The topological polar surface area (TPSA) is 50.4 Å². The van der Waals surface area contributed by atoms with E-state index in [9.17, 15) is 4.79 Å². The van der Waals surface area contributed by atoms with Crippen molar-refractivity contribution >= 4 is 5.91 Å². The minimum absolute atomic E-state index is 0.155. The van der Waals surface area contributed by atoms with E-state index in [1.807, 2.05) is 19.1 Å². The van der Waals surface area contributed by atoms with Crippen LogP contribution in [0, 0.1) is 11.8 Å². The molecule has 1 aromatic rings. The molecule has 1 heterocycles. The molecule has 4 nitrogen and oxygen atoms in total. The summed E-state index contributed by atoms with van der Waals surface area (Å²) in [6, 6.07) is 8.15. The Morgan fingerprint density at radius 2 is 2.00 bits per heavy atom. The predicted octanol–water partition coefficient (Wildman–Crippen LogP) is 2.87. The third-order valence-electron chi connectivity index (χ3n) is 4.75. The highest BCUT2D eigenvalue weighted by molar-refractivity contribution is 5.76. The zero-order chi connectivity index (χ0) is 16.5. The smallest absolute Gasteiger partial charge is 0.220 e. The van der Waals surface area contributed by atoms with E-state index in [1.165, 1.54) is 12.8 Å². The lowest BCUT2D eigenvalue weighted by molar-refractivity contribution is -0.122. The minimum atomic E-state index is 0.155. The molecule has 1 aliphatic heterocycles. The van der Waals surface area contributed by atoms with Gasteiger partial charge in [-0.3, -0.25) is 4.79 Å². The Balaban J connectivity index is 1.79. The minimum Gasteiger partial charge on any atom is -0.377 e. The van der Waals surface area contributed by atoms with Crippen molar-refractivity contribution in [3.63, 3.8) is 0 Å². The second-order valence-corrected chi connectivity index (χ2v) is 6.45. The summed E-state index contributed by atoms with van der Waals surface area (Å²) in [5, 5.41) is 6.46. The van der Waals surface area contributed by atoms with Crippen molar-refractivity contribution < 1.29 is 9.53 Å². The average Bonchev–Trinajstić information content (AvgIpc) is 2.59. The van der Waals surface area contributed by atoms with Crippen molar-refractivity contribution in [1.82, 2.24) is 10.6 Å². The van der Waals surface area contributed by atoms with Gasteiger partial charge in [0.1, 0.15) is 0 Å². The van der Waals surface area contributed by atoms with E-state index >= 15 is 0 Å². The molecule has 1 aromatic carbocycles. The Morgan fingerprint density at radius 1 is 1.30 bits per heavy atom. The fourth-order valence-corrected chi connectivity index (χ4v) is 3.22. The summed E-state index contributed by atoms with van der Waals surface area (Å²) < 4.78 is 5.49. The van der Waals surface area contributed by atoms with Gasteiger partial charge in [-0.25, -0.2) is 0 Å². The standard InChI is InChI=1S/C19H30N2O2/c1-3-23-14-18-7-5-4-6-17(18)13-21-19(22)12-15(2)16-8-10-20-11-9-16/h4-7,15-16,20H,3,8-14H2,1-2H3,(H,21,22). The maximum atomic E-state index is 12.2. The second kappa shape index (κ2) is 9.68. The van der Waals surface area contributed by atoms with Crippen LogP contribution in [0.3, 0.4) is 0 Å². The number of hydrogen-bond acceptors (Lipinski definition) is 3. The number of hydrogen-bond donors (Lipinski definition) is 2. The highest BCUT2D eigenvalue weighted by Crippen LogP contribution is 2.24. The van der Waals surface area contributed by atoms with Crippen LogP contribution in [0.4, 0.5) is 0 Å². The molecule has 0 aromatic heterocycles. The van der Waals surface area contributed by atoms with Crippen molar-refractivity contribution in [2.45, 2.75) is 46.3 Å². The fourth-order valence-electron chi connectivity index (χ4n) is 3.22. The summed E-state index contributed by atoms with van der Waals surface area (Å²) in [6.07, 6.45) is 3.00. The van der Waals surface area contributed by atoms with E-state index in [0.717, 1.165) is 24.2 Å². The first-order valence-corrected chi connectivity index (χ1v) is 8.82. The average molecular weight is 318 g/mol. The van der Waals surface area contributed by atoms with Gasteiger partial charge in [-0.1, -0.05) is 31.2 Å². The summed E-state index contributed by atoms with van der Waals surface area (Å²) in [4.78, 5) is 12.2. The fraction of sp³-hybridized carbons (Fsp3) is 0.632. The van der Waals surface area contributed by atoms with E-state index < -0.39 is 0 Å². The highest BCUT2D eigenvalue weighted by atomic mass is 16.5. The summed E-state index contributed by atoms with van der Waals surface area (Å²) >= 11 is 0. The molecule has 0 bridgehead atoms.